The average Bonchev–Trinajstić information content (AvgIpc) is 2.85. The molecule has 100 valence electrons. The minimum atomic E-state index is -1.07. The van der Waals surface area contributed by atoms with E-state index in [1.165, 1.54) is 12.1 Å². The second-order valence-corrected chi connectivity index (χ2v) is 4.20. The average molecular weight is 262 g/mol. The van der Waals surface area contributed by atoms with Gasteiger partial charge in [0.15, 0.2) is 0 Å². The zero-order valence-electron chi connectivity index (χ0n) is 10.6. The number of halogens is 1. The van der Waals surface area contributed by atoms with Crippen molar-refractivity contribution in [3.63, 3.8) is 0 Å². The Kier molecular flexibility index (Phi) is 3.85. The fourth-order valence-electron chi connectivity index (χ4n) is 1.78. The molecule has 0 bridgehead atoms. The lowest BCUT2D eigenvalue weighted by Crippen LogP contribution is -2.04. The molecule has 1 aromatic carbocycles. The zero-order chi connectivity index (χ0) is 13.8. The van der Waals surface area contributed by atoms with Gasteiger partial charge < -0.3 is 15.0 Å². The number of aromatic carboxylic acids is 1. The summed E-state index contributed by atoms with van der Waals surface area (Å²) in [5.41, 5.74) is 1.28. The molecule has 19 heavy (non-hydrogen) atoms. The molecular formula is C14H15FN2O2. The Balaban J connectivity index is 2.10. The minimum absolute atomic E-state index is 0.0648. The lowest BCUT2D eigenvalue weighted by molar-refractivity contribution is 0.0697. The summed E-state index contributed by atoms with van der Waals surface area (Å²) in [5, 5.41) is 11.8. The molecule has 0 saturated carbocycles. The van der Waals surface area contributed by atoms with Crippen LogP contribution in [0.1, 0.15) is 22.8 Å². The zero-order valence-corrected chi connectivity index (χ0v) is 10.6. The standard InChI is InChI=1S/C14H15FN2O2/c1-2-17-6-5-10(9-17)8-16-13-7-11(14(18)19)3-4-12(13)15/h3-7,9,16H,2,8H2,1H3,(H,18,19). The molecule has 1 aromatic heterocycles. The van der Waals surface area contributed by atoms with Crippen LogP contribution >= 0.6 is 0 Å². The van der Waals surface area contributed by atoms with Gasteiger partial charge in [0.1, 0.15) is 5.82 Å². The predicted molar refractivity (Wildman–Crippen MR) is 70.8 cm³/mol. The number of benzene rings is 1. The molecule has 2 N–H and O–H groups in total. The highest BCUT2D eigenvalue weighted by Crippen LogP contribution is 2.17. The van der Waals surface area contributed by atoms with E-state index in [1.54, 1.807) is 0 Å². The molecule has 1 heterocycles. The van der Waals surface area contributed by atoms with Gasteiger partial charge in [0.2, 0.25) is 0 Å². The summed E-state index contributed by atoms with van der Waals surface area (Å²) >= 11 is 0. The second-order valence-electron chi connectivity index (χ2n) is 4.20. The summed E-state index contributed by atoms with van der Waals surface area (Å²) in [6, 6.07) is 5.64. The van der Waals surface area contributed by atoms with Crippen molar-refractivity contribution < 1.29 is 14.3 Å². The van der Waals surface area contributed by atoms with Gasteiger partial charge in [-0.2, -0.15) is 0 Å². The van der Waals surface area contributed by atoms with Gasteiger partial charge in [0, 0.05) is 25.5 Å². The van der Waals surface area contributed by atoms with Gasteiger partial charge in [-0.15, -0.1) is 0 Å². The van der Waals surface area contributed by atoms with E-state index < -0.39 is 11.8 Å². The topological polar surface area (TPSA) is 54.3 Å². The summed E-state index contributed by atoms with van der Waals surface area (Å²) in [4.78, 5) is 10.8. The third-order valence-electron chi connectivity index (χ3n) is 2.87. The number of carboxylic acids is 1. The highest BCUT2D eigenvalue weighted by atomic mass is 19.1. The monoisotopic (exact) mass is 262 g/mol. The fourth-order valence-corrected chi connectivity index (χ4v) is 1.78. The lowest BCUT2D eigenvalue weighted by atomic mass is 10.2. The van der Waals surface area contributed by atoms with Gasteiger partial charge in [-0.25, -0.2) is 9.18 Å². The normalized spacial score (nSPS) is 10.4. The summed E-state index contributed by atoms with van der Waals surface area (Å²) < 4.78 is 15.6. The number of carboxylic acid groups (broad SMARTS) is 1. The Labute approximate surface area is 110 Å². The molecule has 0 fully saturated rings. The van der Waals surface area contributed by atoms with Crippen LogP contribution in [-0.2, 0) is 13.1 Å². The third kappa shape index (κ3) is 3.13. The Morgan fingerprint density at radius 2 is 2.21 bits per heavy atom. The highest BCUT2D eigenvalue weighted by Gasteiger charge is 2.08. The van der Waals surface area contributed by atoms with Gasteiger partial charge in [0.25, 0.3) is 0 Å². The number of aromatic nitrogens is 1. The molecule has 2 aromatic rings. The second kappa shape index (κ2) is 5.56. The molecule has 0 amide bonds. The lowest BCUT2D eigenvalue weighted by Gasteiger charge is -2.07. The van der Waals surface area contributed by atoms with E-state index in [0.717, 1.165) is 18.2 Å². The summed E-state index contributed by atoms with van der Waals surface area (Å²) in [7, 11) is 0. The quantitative estimate of drug-likeness (QED) is 0.871. The maximum atomic E-state index is 13.5. The van der Waals surface area contributed by atoms with E-state index in [1.807, 2.05) is 30.0 Å². The van der Waals surface area contributed by atoms with Crippen molar-refractivity contribution in [1.29, 1.82) is 0 Å². The minimum Gasteiger partial charge on any atom is -0.478 e. The van der Waals surface area contributed by atoms with Crippen LogP contribution in [0.2, 0.25) is 0 Å². The van der Waals surface area contributed by atoms with Crippen molar-refractivity contribution >= 4 is 11.7 Å². The first-order chi connectivity index (χ1) is 9.10. The van der Waals surface area contributed by atoms with E-state index in [4.69, 9.17) is 5.11 Å². The van der Waals surface area contributed by atoms with Gasteiger partial charge in [-0.1, -0.05) is 0 Å². The molecule has 0 aliphatic rings. The molecule has 4 nitrogen and oxygen atoms in total. The summed E-state index contributed by atoms with van der Waals surface area (Å²) in [6.45, 7) is 3.36. The first kappa shape index (κ1) is 13.1. The van der Waals surface area contributed by atoms with Crippen molar-refractivity contribution in [3.05, 3.63) is 53.6 Å². The SMILES string of the molecule is CCn1ccc(CNc2cc(C(=O)O)ccc2F)c1. The first-order valence-corrected chi connectivity index (χ1v) is 6.01. The number of hydrogen-bond acceptors (Lipinski definition) is 2. The largest absolute Gasteiger partial charge is 0.478 e. The Morgan fingerprint density at radius 3 is 2.84 bits per heavy atom. The number of hydrogen-bond donors (Lipinski definition) is 2. The third-order valence-corrected chi connectivity index (χ3v) is 2.87. The summed E-state index contributed by atoms with van der Waals surface area (Å²) in [5.74, 6) is -1.53. The van der Waals surface area contributed by atoms with Crippen LogP contribution in [0, 0.1) is 5.82 Å². The van der Waals surface area contributed by atoms with Gasteiger partial charge >= 0.3 is 5.97 Å². The number of anilines is 1. The number of rotatable bonds is 5. The molecule has 0 atom stereocenters. The Morgan fingerprint density at radius 1 is 1.42 bits per heavy atom. The van der Waals surface area contributed by atoms with Crippen LogP contribution in [0.4, 0.5) is 10.1 Å². The smallest absolute Gasteiger partial charge is 0.335 e. The molecule has 0 unspecified atom stereocenters. The van der Waals surface area contributed by atoms with Crippen molar-refractivity contribution in [1.82, 2.24) is 4.57 Å². The van der Waals surface area contributed by atoms with Gasteiger partial charge in [0.05, 0.1) is 11.3 Å². The number of aryl methyl sites for hydroxylation is 1. The van der Waals surface area contributed by atoms with E-state index in [2.05, 4.69) is 5.32 Å². The van der Waals surface area contributed by atoms with E-state index in [0.29, 0.717) is 6.54 Å². The van der Waals surface area contributed by atoms with Crippen molar-refractivity contribution in [2.24, 2.45) is 0 Å². The van der Waals surface area contributed by atoms with Crippen molar-refractivity contribution in [2.45, 2.75) is 20.0 Å². The highest BCUT2D eigenvalue weighted by molar-refractivity contribution is 5.88. The van der Waals surface area contributed by atoms with Crippen LogP contribution in [0.5, 0.6) is 0 Å². The first-order valence-electron chi connectivity index (χ1n) is 6.01. The molecule has 5 heteroatoms. The fraction of sp³-hybridized carbons (Fsp3) is 0.214. The Hall–Kier alpha value is -2.30. The van der Waals surface area contributed by atoms with Crippen molar-refractivity contribution in [2.75, 3.05) is 5.32 Å². The number of nitrogens with zero attached hydrogens (tertiary/aromatic N) is 1. The van der Waals surface area contributed by atoms with E-state index in [-0.39, 0.29) is 11.3 Å². The predicted octanol–water partition coefficient (Wildman–Crippen LogP) is 2.96. The molecule has 0 spiro atoms. The molecule has 0 aliphatic carbocycles. The molecule has 0 aliphatic heterocycles. The van der Waals surface area contributed by atoms with E-state index >= 15 is 0 Å². The maximum absolute atomic E-state index is 13.5. The van der Waals surface area contributed by atoms with Gasteiger partial charge in [-0.3, -0.25) is 0 Å². The van der Waals surface area contributed by atoms with Crippen LogP contribution in [-0.4, -0.2) is 15.6 Å². The van der Waals surface area contributed by atoms with E-state index in [9.17, 15) is 9.18 Å². The van der Waals surface area contributed by atoms with Crippen molar-refractivity contribution in [3.8, 4) is 0 Å². The maximum Gasteiger partial charge on any atom is 0.335 e. The molecule has 0 radical (unpaired) electrons. The molecule has 0 saturated heterocycles. The van der Waals surface area contributed by atoms with Crippen LogP contribution in [0.3, 0.4) is 0 Å². The van der Waals surface area contributed by atoms with Crippen LogP contribution in [0.15, 0.2) is 36.7 Å². The summed E-state index contributed by atoms with van der Waals surface area (Å²) in [6.07, 6.45) is 3.91. The molecule has 2 rings (SSSR count). The molecular weight excluding hydrogens is 247 g/mol. The van der Waals surface area contributed by atoms with Crippen LogP contribution in [0.25, 0.3) is 0 Å². The van der Waals surface area contributed by atoms with Gasteiger partial charge in [-0.05, 0) is 36.8 Å². The Bertz CT molecular complexity index is 593. The number of nitrogens with one attached hydrogen (secondary N) is 1. The number of carbonyl (C=O) groups is 1. The van der Waals surface area contributed by atoms with Crippen LogP contribution < -0.4 is 5.32 Å².